The van der Waals surface area contributed by atoms with E-state index in [0.29, 0.717) is 15.5 Å². The Bertz CT molecular complexity index is 164. The number of hydrogen-bond donors (Lipinski definition) is 0. The first-order valence-corrected chi connectivity index (χ1v) is 9.70. The van der Waals surface area contributed by atoms with E-state index in [9.17, 15) is 0 Å². The summed E-state index contributed by atoms with van der Waals surface area (Å²) in [6.07, 6.45) is 0. The van der Waals surface area contributed by atoms with Gasteiger partial charge < -0.3 is 0 Å². The van der Waals surface area contributed by atoms with Crippen LogP contribution in [0.3, 0.4) is 0 Å². The third-order valence-electron chi connectivity index (χ3n) is 3.10. The minimum atomic E-state index is -1.54. The van der Waals surface area contributed by atoms with Gasteiger partial charge in [0.25, 0.3) is 0 Å². The van der Waals surface area contributed by atoms with Crippen molar-refractivity contribution in [2.24, 2.45) is 0 Å². The molecule has 0 atom stereocenters. The topological polar surface area (TPSA) is 0 Å². The first-order valence-electron chi connectivity index (χ1n) is 5.44. The van der Waals surface area contributed by atoms with Gasteiger partial charge in [0.05, 0.1) is 0 Å². The Morgan fingerprint density at radius 3 is 0.714 bits per heavy atom. The molecule has 0 aliphatic carbocycles. The maximum absolute atomic E-state index is 4.19. The molecule has 0 aromatic heterocycles. The van der Waals surface area contributed by atoms with Crippen LogP contribution >= 0.6 is 21.5 Å². The van der Waals surface area contributed by atoms with Crippen LogP contribution < -0.4 is 0 Å². The molecule has 0 aliphatic heterocycles. The van der Waals surface area contributed by atoms with Crippen LogP contribution in [0.1, 0.15) is 62.3 Å². The van der Waals surface area contributed by atoms with Crippen LogP contribution in [0.4, 0.5) is 0 Å². The summed E-state index contributed by atoms with van der Waals surface area (Å²) >= 11 is 4.19. The van der Waals surface area contributed by atoms with Crippen LogP contribution in [0.5, 0.6) is 0 Å². The van der Waals surface area contributed by atoms with Gasteiger partial charge in [-0.15, -0.1) is 0 Å². The number of halogens is 1. The predicted octanol–water partition coefficient (Wildman–Crippen LogP) is 5.44. The van der Waals surface area contributed by atoms with Crippen molar-refractivity contribution >= 4 is 21.5 Å². The van der Waals surface area contributed by atoms with E-state index >= 15 is 0 Å². The molecule has 0 rings (SSSR count). The summed E-state index contributed by atoms with van der Waals surface area (Å²) in [6, 6.07) is 0. The molecule has 14 heavy (non-hydrogen) atoms. The number of hydrogen-bond acceptors (Lipinski definition) is 0. The summed E-state index contributed by atoms with van der Waals surface area (Å²) in [4.78, 5) is 0. The summed E-state index contributed by atoms with van der Waals surface area (Å²) < 4.78 is 0. The fourth-order valence-electron chi connectivity index (χ4n) is 3.38. The standard InChI is InChI=1S/C12H28BrP/c1-10(2,3)14(13,11(4,5)6)12(7,8)9/h14H,1-9H3. The molecule has 0 heterocycles. The average Bonchev–Trinajstić information content (AvgIpc) is 1.77. The van der Waals surface area contributed by atoms with Crippen molar-refractivity contribution in [2.45, 2.75) is 77.8 Å². The third kappa shape index (κ3) is 2.35. The molecule has 0 radical (unpaired) electrons. The summed E-state index contributed by atoms with van der Waals surface area (Å²) in [7, 11) is 0. The van der Waals surface area contributed by atoms with E-state index in [1.807, 2.05) is 0 Å². The molecule has 0 nitrogen and oxygen atoms in total. The van der Waals surface area contributed by atoms with Gasteiger partial charge in [-0.05, 0) is 0 Å². The van der Waals surface area contributed by atoms with Crippen LogP contribution in [0, 0.1) is 0 Å². The zero-order valence-corrected chi connectivity index (χ0v) is 14.0. The molecular formula is C12H28BrP. The second kappa shape index (κ2) is 3.74. The zero-order valence-electron chi connectivity index (χ0n) is 11.4. The normalized spacial score (nSPS) is 17.0. The first kappa shape index (κ1) is 14.9. The van der Waals surface area contributed by atoms with E-state index in [-0.39, 0.29) is 0 Å². The second-order valence-electron chi connectivity index (χ2n) is 7.41. The summed E-state index contributed by atoms with van der Waals surface area (Å²) in [5, 5.41) is 1.14. The van der Waals surface area contributed by atoms with E-state index in [1.165, 1.54) is 0 Å². The van der Waals surface area contributed by atoms with Crippen molar-refractivity contribution in [3.05, 3.63) is 0 Å². The average molecular weight is 283 g/mol. The third-order valence-corrected chi connectivity index (χ3v) is 20.0. The minimum absolute atomic E-state index is 0.378. The SMILES string of the molecule is CC(C)(C)[PH](Br)(C(C)(C)C)C(C)(C)C. The molecule has 0 N–H and O–H groups in total. The molecule has 0 unspecified atom stereocenters. The van der Waals surface area contributed by atoms with Crippen LogP contribution in [-0.4, -0.2) is 15.5 Å². The van der Waals surface area contributed by atoms with Crippen molar-refractivity contribution in [1.29, 1.82) is 0 Å². The van der Waals surface area contributed by atoms with Crippen molar-refractivity contribution < 1.29 is 0 Å². The fourth-order valence-corrected chi connectivity index (χ4v) is 10.1. The Kier molecular flexibility index (Phi) is 3.98. The van der Waals surface area contributed by atoms with Gasteiger partial charge in [-0.1, -0.05) is 0 Å². The van der Waals surface area contributed by atoms with Crippen LogP contribution in [0.25, 0.3) is 0 Å². The van der Waals surface area contributed by atoms with Gasteiger partial charge >= 0.3 is 99.2 Å². The molecule has 2 heteroatoms. The Balaban J connectivity index is 5.54. The Morgan fingerprint density at radius 2 is 0.714 bits per heavy atom. The Morgan fingerprint density at radius 1 is 0.571 bits per heavy atom. The fraction of sp³-hybridized carbons (Fsp3) is 1.00. The van der Waals surface area contributed by atoms with Crippen molar-refractivity contribution in [3.8, 4) is 0 Å². The van der Waals surface area contributed by atoms with Gasteiger partial charge in [0.1, 0.15) is 0 Å². The molecular weight excluding hydrogens is 255 g/mol. The van der Waals surface area contributed by atoms with Crippen molar-refractivity contribution in [1.82, 2.24) is 0 Å². The van der Waals surface area contributed by atoms with E-state index in [0.717, 1.165) is 0 Å². The zero-order chi connectivity index (χ0) is 12.0. The van der Waals surface area contributed by atoms with Crippen LogP contribution in [0.15, 0.2) is 0 Å². The number of rotatable bonds is 0. The second-order valence-corrected chi connectivity index (χ2v) is 16.8. The first-order chi connectivity index (χ1) is 5.75. The molecule has 0 bridgehead atoms. The van der Waals surface area contributed by atoms with E-state index in [1.54, 1.807) is 0 Å². The van der Waals surface area contributed by atoms with E-state index in [2.05, 4.69) is 77.8 Å². The molecule has 88 valence electrons. The predicted molar refractivity (Wildman–Crippen MR) is 76.5 cm³/mol. The Labute approximate surface area is 99.3 Å². The van der Waals surface area contributed by atoms with Gasteiger partial charge in [0.15, 0.2) is 0 Å². The van der Waals surface area contributed by atoms with E-state index in [4.69, 9.17) is 0 Å². The van der Waals surface area contributed by atoms with Gasteiger partial charge in [-0.2, -0.15) is 0 Å². The van der Waals surface area contributed by atoms with Crippen molar-refractivity contribution in [2.75, 3.05) is 0 Å². The molecule has 0 spiro atoms. The maximum atomic E-state index is 4.19. The molecule has 0 fully saturated rings. The van der Waals surface area contributed by atoms with E-state index < -0.39 is 5.96 Å². The Hall–Kier alpha value is 0.910. The van der Waals surface area contributed by atoms with Crippen LogP contribution in [-0.2, 0) is 0 Å². The summed E-state index contributed by atoms with van der Waals surface area (Å²) in [5.74, 6) is -1.54. The quantitative estimate of drug-likeness (QED) is 0.519. The summed E-state index contributed by atoms with van der Waals surface area (Å²) in [6.45, 7) is 21.4. The van der Waals surface area contributed by atoms with Crippen molar-refractivity contribution in [3.63, 3.8) is 0 Å². The molecule has 0 saturated heterocycles. The van der Waals surface area contributed by atoms with Gasteiger partial charge in [-0.3, -0.25) is 0 Å². The monoisotopic (exact) mass is 282 g/mol. The van der Waals surface area contributed by atoms with Gasteiger partial charge in [0.2, 0.25) is 0 Å². The molecule has 0 aromatic rings. The molecule has 0 aromatic carbocycles. The molecule has 0 aliphatic rings. The van der Waals surface area contributed by atoms with Gasteiger partial charge in [-0.25, -0.2) is 0 Å². The summed E-state index contributed by atoms with van der Waals surface area (Å²) in [5.41, 5.74) is 0. The molecule has 0 amide bonds. The molecule has 0 saturated carbocycles. The van der Waals surface area contributed by atoms with Crippen LogP contribution in [0.2, 0.25) is 0 Å². The van der Waals surface area contributed by atoms with Gasteiger partial charge in [0, 0.05) is 0 Å².